The quantitative estimate of drug-likeness (QED) is 0.241. The van der Waals surface area contributed by atoms with Crippen molar-refractivity contribution in [1.29, 1.82) is 0 Å². The van der Waals surface area contributed by atoms with E-state index in [4.69, 9.17) is 21.4 Å². The van der Waals surface area contributed by atoms with E-state index in [-0.39, 0.29) is 45.9 Å². The molecule has 0 bridgehead atoms. The van der Waals surface area contributed by atoms with Gasteiger partial charge in [0, 0.05) is 41.8 Å². The fraction of sp³-hybridized carbons (Fsp3) is 0.346. The van der Waals surface area contributed by atoms with Crippen LogP contribution in [0.15, 0.2) is 49.1 Å². The standard InChI is InChI=1S/C26H27ClF2N8O4/c27-16-2-3-21(41-26(28)29)18(12-16)23-20(33-25(40)19-13-32-37-7-1-6-30-24(19)37)15-36(34-23)11-10-35-8-4-17(5-9-35)31-14-22(38)39/h1-3,6-7,12-13,15,17,26,31H,4-5,8-11,14H2,(H,33,40)(H,38,39). The van der Waals surface area contributed by atoms with Gasteiger partial charge < -0.3 is 25.4 Å². The van der Waals surface area contributed by atoms with Gasteiger partial charge in [0.05, 0.1) is 25.0 Å². The highest BCUT2D eigenvalue weighted by Crippen LogP contribution is 2.37. The number of aromatic nitrogens is 5. The van der Waals surface area contributed by atoms with E-state index < -0.39 is 18.5 Å². The van der Waals surface area contributed by atoms with Crippen LogP contribution in [-0.2, 0) is 11.3 Å². The SMILES string of the molecule is O=C(O)CNC1CCN(CCn2cc(NC(=O)c3cnn4cccnc34)c(-c3cc(Cl)ccc3OC(F)F)n2)CC1. The number of nitrogens with zero attached hydrogens (tertiary/aromatic N) is 6. The molecule has 41 heavy (non-hydrogen) atoms. The topological polar surface area (TPSA) is 139 Å². The van der Waals surface area contributed by atoms with Crippen LogP contribution in [0.4, 0.5) is 14.5 Å². The molecule has 1 amide bonds. The molecule has 0 radical (unpaired) electrons. The average Bonchev–Trinajstić information content (AvgIpc) is 3.56. The third-order valence-corrected chi connectivity index (χ3v) is 6.96. The van der Waals surface area contributed by atoms with Gasteiger partial charge in [-0.25, -0.2) is 9.50 Å². The molecule has 1 fully saturated rings. The van der Waals surface area contributed by atoms with Crippen LogP contribution in [0.1, 0.15) is 23.2 Å². The molecule has 12 nitrogen and oxygen atoms in total. The van der Waals surface area contributed by atoms with Crippen molar-refractivity contribution in [3.63, 3.8) is 0 Å². The van der Waals surface area contributed by atoms with Gasteiger partial charge in [-0.3, -0.25) is 14.3 Å². The monoisotopic (exact) mass is 588 g/mol. The van der Waals surface area contributed by atoms with Crippen LogP contribution in [-0.4, -0.2) is 85.1 Å². The zero-order valence-electron chi connectivity index (χ0n) is 21.7. The van der Waals surface area contributed by atoms with Crippen molar-refractivity contribution in [1.82, 2.24) is 34.6 Å². The molecule has 3 N–H and O–H groups in total. The van der Waals surface area contributed by atoms with Crippen LogP contribution in [0.3, 0.4) is 0 Å². The predicted octanol–water partition coefficient (Wildman–Crippen LogP) is 3.24. The molecule has 0 atom stereocenters. The number of nitrogens with one attached hydrogen (secondary N) is 2. The van der Waals surface area contributed by atoms with E-state index in [1.807, 2.05) is 0 Å². The van der Waals surface area contributed by atoms with Crippen molar-refractivity contribution in [2.45, 2.75) is 32.0 Å². The van der Waals surface area contributed by atoms with Crippen molar-refractivity contribution in [3.8, 4) is 17.0 Å². The summed E-state index contributed by atoms with van der Waals surface area (Å²) in [7, 11) is 0. The Balaban J connectivity index is 1.37. The maximum atomic E-state index is 13.3. The zero-order valence-corrected chi connectivity index (χ0v) is 22.5. The minimum absolute atomic E-state index is 0.0681. The Labute approximate surface area is 237 Å². The molecule has 1 aliphatic heterocycles. The third kappa shape index (κ3) is 6.96. The number of piperidine rings is 1. The molecular weight excluding hydrogens is 562 g/mol. The van der Waals surface area contributed by atoms with Crippen LogP contribution in [0.2, 0.25) is 5.02 Å². The Morgan fingerprint density at radius 1 is 1.22 bits per heavy atom. The van der Waals surface area contributed by atoms with Crippen LogP contribution in [0, 0.1) is 0 Å². The molecule has 1 aliphatic rings. The van der Waals surface area contributed by atoms with E-state index in [1.165, 1.54) is 28.9 Å². The lowest BCUT2D eigenvalue weighted by Crippen LogP contribution is -2.44. The molecule has 15 heteroatoms. The number of carboxylic acids is 1. The number of hydrogen-bond donors (Lipinski definition) is 3. The zero-order chi connectivity index (χ0) is 28.9. The van der Waals surface area contributed by atoms with Crippen molar-refractivity contribution < 1.29 is 28.2 Å². The summed E-state index contributed by atoms with van der Waals surface area (Å²) in [5.74, 6) is -1.53. The van der Waals surface area contributed by atoms with Crippen molar-refractivity contribution in [2.75, 3.05) is 31.5 Å². The van der Waals surface area contributed by atoms with Gasteiger partial charge in [-0.2, -0.15) is 19.0 Å². The molecule has 5 rings (SSSR count). The Morgan fingerprint density at radius 3 is 2.78 bits per heavy atom. The van der Waals surface area contributed by atoms with Gasteiger partial charge in [-0.15, -0.1) is 0 Å². The molecular formula is C26H27ClF2N8O4. The molecule has 1 aromatic carbocycles. The summed E-state index contributed by atoms with van der Waals surface area (Å²) in [5, 5.41) is 23.8. The summed E-state index contributed by atoms with van der Waals surface area (Å²) in [6, 6.07) is 6.03. The third-order valence-electron chi connectivity index (χ3n) is 6.72. The molecule has 0 unspecified atom stereocenters. The van der Waals surface area contributed by atoms with Crippen LogP contribution in [0.5, 0.6) is 5.75 Å². The van der Waals surface area contributed by atoms with E-state index in [1.54, 1.807) is 29.3 Å². The van der Waals surface area contributed by atoms with Crippen molar-refractivity contribution >= 4 is 34.8 Å². The summed E-state index contributed by atoms with van der Waals surface area (Å²) in [5.41, 5.74) is 1.24. The average molecular weight is 589 g/mol. The number of likely N-dealkylation sites (tertiary alicyclic amines) is 1. The van der Waals surface area contributed by atoms with Gasteiger partial charge in [0.25, 0.3) is 5.91 Å². The predicted molar refractivity (Wildman–Crippen MR) is 145 cm³/mol. The van der Waals surface area contributed by atoms with Gasteiger partial charge in [0.1, 0.15) is 17.0 Å². The van der Waals surface area contributed by atoms with Gasteiger partial charge in [-0.05, 0) is 50.2 Å². The van der Waals surface area contributed by atoms with E-state index in [9.17, 15) is 18.4 Å². The highest BCUT2D eigenvalue weighted by molar-refractivity contribution is 6.31. The van der Waals surface area contributed by atoms with Gasteiger partial charge in [0.2, 0.25) is 0 Å². The fourth-order valence-electron chi connectivity index (χ4n) is 4.73. The molecule has 4 aromatic rings. The van der Waals surface area contributed by atoms with E-state index in [0.717, 1.165) is 25.9 Å². The number of alkyl halides is 2. The first kappa shape index (κ1) is 28.4. The maximum absolute atomic E-state index is 13.3. The Kier molecular flexibility index (Phi) is 8.71. The first-order chi connectivity index (χ1) is 19.8. The van der Waals surface area contributed by atoms with E-state index in [0.29, 0.717) is 18.7 Å². The minimum Gasteiger partial charge on any atom is -0.480 e. The fourth-order valence-corrected chi connectivity index (χ4v) is 4.90. The van der Waals surface area contributed by atoms with Crippen LogP contribution < -0.4 is 15.4 Å². The number of halogens is 3. The van der Waals surface area contributed by atoms with Gasteiger partial charge in [-0.1, -0.05) is 11.6 Å². The Bertz CT molecular complexity index is 1540. The number of fused-ring (bicyclic) bond motifs is 1. The lowest BCUT2D eigenvalue weighted by atomic mass is 10.1. The number of aliphatic carboxylic acids is 1. The minimum atomic E-state index is -3.08. The Hall–Kier alpha value is -4.14. The Morgan fingerprint density at radius 2 is 2.02 bits per heavy atom. The molecule has 1 saturated heterocycles. The largest absolute Gasteiger partial charge is 0.480 e. The molecule has 0 spiro atoms. The molecule has 216 valence electrons. The van der Waals surface area contributed by atoms with E-state index in [2.05, 4.69) is 30.7 Å². The molecule has 4 heterocycles. The molecule has 3 aromatic heterocycles. The van der Waals surface area contributed by atoms with Gasteiger partial charge >= 0.3 is 12.6 Å². The van der Waals surface area contributed by atoms with Gasteiger partial charge in [0.15, 0.2) is 5.65 Å². The number of carbonyl (C=O) groups excluding carboxylic acids is 1. The highest BCUT2D eigenvalue weighted by atomic mass is 35.5. The summed E-state index contributed by atoms with van der Waals surface area (Å²) >= 11 is 6.20. The second-order valence-corrected chi connectivity index (χ2v) is 9.90. The second-order valence-electron chi connectivity index (χ2n) is 9.46. The van der Waals surface area contributed by atoms with Crippen LogP contribution >= 0.6 is 11.6 Å². The smallest absolute Gasteiger partial charge is 0.387 e. The lowest BCUT2D eigenvalue weighted by molar-refractivity contribution is -0.136. The number of carbonyl (C=O) groups is 2. The number of ether oxygens (including phenoxy) is 1. The number of benzene rings is 1. The van der Waals surface area contributed by atoms with Crippen molar-refractivity contribution in [3.05, 3.63) is 59.6 Å². The molecule has 0 saturated carbocycles. The summed E-state index contributed by atoms with van der Waals surface area (Å²) in [6.07, 6.45) is 7.84. The first-order valence-corrected chi connectivity index (χ1v) is 13.2. The molecule has 0 aliphatic carbocycles. The number of carboxylic acid groups (broad SMARTS) is 1. The first-order valence-electron chi connectivity index (χ1n) is 12.9. The highest BCUT2D eigenvalue weighted by Gasteiger charge is 2.23. The summed E-state index contributed by atoms with van der Waals surface area (Å²) in [6.45, 7) is -0.516. The number of hydrogen-bond acceptors (Lipinski definition) is 8. The summed E-state index contributed by atoms with van der Waals surface area (Å²) in [4.78, 5) is 30.5. The number of rotatable bonds is 11. The number of amides is 1. The van der Waals surface area contributed by atoms with E-state index >= 15 is 0 Å². The summed E-state index contributed by atoms with van der Waals surface area (Å²) < 4.78 is 34.2. The van der Waals surface area contributed by atoms with Crippen LogP contribution in [0.25, 0.3) is 16.9 Å². The van der Waals surface area contributed by atoms with Crippen molar-refractivity contribution in [2.24, 2.45) is 0 Å². The maximum Gasteiger partial charge on any atom is 0.387 e. The number of anilines is 1. The lowest BCUT2D eigenvalue weighted by Gasteiger charge is -2.32. The second kappa shape index (κ2) is 12.6. The normalized spacial score (nSPS) is 14.5.